The number of allylic oxidation sites excluding steroid dienone is 1. The number of amides is 3. The minimum Gasteiger partial charge on any atom is -0.497 e. The summed E-state index contributed by atoms with van der Waals surface area (Å²) in [7, 11) is 1.56. The molecule has 1 saturated carbocycles. The molecule has 1 saturated heterocycles. The molecule has 2 aliphatic carbocycles. The van der Waals surface area contributed by atoms with Gasteiger partial charge in [-0.3, -0.25) is 19.2 Å². The van der Waals surface area contributed by atoms with E-state index in [1.54, 1.807) is 33.1 Å². The smallest absolute Gasteiger partial charge is 0.243 e. The molecular weight excluding hydrogens is 538 g/mol. The third-order valence-electron chi connectivity index (χ3n) is 9.37. The monoisotopic (exact) mass is 583 g/mol. The molecule has 1 aromatic carbocycles. The zero-order valence-electron chi connectivity index (χ0n) is 24.9. The minimum atomic E-state index is -1.12. The van der Waals surface area contributed by atoms with Crippen molar-refractivity contribution in [1.82, 2.24) is 10.6 Å². The summed E-state index contributed by atoms with van der Waals surface area (Å²) in [6.07, 6.45) is 7.47. The molecular formula is C32H45N3O7. The number of carbonyl (C=O) groups excluding carboxylic acids is 4. The minimum absolute atomic E-state index is 0.161. The molecule has 0 aromatic heterocycles. The van der Waals surface area contributed by atoms with Crippen molar-refractivity contribution >= 4 is 23.5 Å². The lowest BCUT2D eigenvalue weighted by molar-refractivity contribution is -0.144. The maximum Gasteiger partial charge on any atom is 0.243 e. The number of ether oxygens (including phenoxy) is 2. The number of rotatable bonds is 13. The van der Waals surface area contributed by atoms with Gasteiger partial charge in [0.25, 0.3) is 0 Å². The molecule has 1 aromatic rings. The van der Waals surface area contributed by atoms with Gasteiger partial charge in [-0.2, -0.15) is 0 Å². The molecule has 42 heavy (non-hydrogen) atoms. The summed E-state index contributed by atoms with van der Waals surface area (Å²) in [4.78, 5) is 53.6. The molecule has 4 rings (SSSR count). The summed E-state index contributed by atoms with van der Waals surface area (Å²) < 4.78 is 10.7. The second-order valence-electron chi connectivity index (χ2n) is 12.3. The number of hydrogen-bond acceptors (Lipinski definition) is 7. The van der Waals surface area contributed by atoms with Crippen LogP contribution in [0.15, 0.2) is 35.9 Å². The second kappa shape index (κ2) is 13.4. The highest BCUT2D eigenvalue weighted by Crippen LogP contribution is 2.42. The number of hydrogen-bond donors (Lipinski definition) is 4. The van der Waals surface area contributed by atoms with Crippen LogP contribution >= 0.6 is 0 Å². The van der Waals surface area contributed by atoms with E-state index in [-0.39, 0.29) is 25.0 Å². The van der Waals surface area contributed by atoms with Gasteiger partial charge in [0.2, 0.25) is 17.7 Å². The number of epoxide rings is 1. The second-order valence-corrected chi connectivity index (χ2v) is 12.3. The van der Waals surface area contributed by atoms with E-state index in [4.69, 9.17) is 15.2 Å². The van der Waals surface area contributed by atoms with Gasteiger partial charge in [0, 0.05) is 12.3 Å². The third-order valence-corrected chi connectivity index (χ3v) is 9.37. The van der Waals surface area contributed by atoms with Crippen molar-refractivity contribution in [3.63, 3.8) is 0 Å². The van der Waals surface area contributed by atoms with Gasteiger partial charge in [0.15, 0.2) is 5.78 Å². The molecule has 0 bridgehead atoms. The highest BCUT2D eigenvalue weighted by atomic mass is 16.6. The first-order valence-electron chi connectivity index (χ1n) is 15.1. The molecule has 1 aliphatic heterocycles. The Labute approximate surface area is 247 Å². The van der Waals surface area contributed by atoms with Crippen molar-refractivity contribution in [2.45, 2.75) is 102 Å². The van der Waals surface area contributed by atoms with Gasteiger partial charge in [-0.05, 0) is 82.4 Å². The van der Waals surface area contributed by atoms with Crippen molar-refractivity contribution in [3.05, 3.63) is 41.5 Å². The number of nitrogens with two attached hydrogens (primary N) is 1. The Hall–Kier alpha value is -3.24. The van der Waals surface area contributed by atoms with Gasteiger partial charge in [-0.15, -0.1) is 0 Å². The summed E-state index contributed by atoms with van der Waals surface area (Å²) in [6, 6.07) is 5.37. The van der Waals surface area contributed by atoms with Gasteiger partial charge in [0.05, 0.1) is 31.3 Å². The Kier molecular flexibility index (Phi) is 10.1. The first kappa shape index (κ1) is 31.7. The van der Waals surface area contributed by atoms with Crippen molar-refractivity contribution in [2.75, 3.05) is 13.7 Å². The summed E-state index contributed by atoms with van der Waals surface area (Å²) in [6.45, 7) is 3.68. The molecule has 10 heteroatoms. The highest BCUT2D eigenvalue weighted by molar-refractivity contribution is 5.98. The van der Waals surface area contributed by atoms with E-state index < -0.39 is 52.8 Å². The zero-order chi connectivity index (χ0) is 30.5. The third kappa shape index (κ3) is 7.39. The Balaban J connectivity index is 1.56. The average molecular weight is 584 g/mol. The van der Waals surface area contributed by atoms with Crippen LogP contribution in [0, 0.1) is 11.3 Å². The van der Waals surface area contributed by atoms with E-state index in [2.05, 4.69) is 16.7 Å². The molecule has 0 radical (unpaired) electrons. The first-order chi connectivity index (χ1) is 20.0. The summed E-state index contributed by atoms with van der Waals surface area (Å²) >= 11 is 0. The predicted octanol–water partition coefficient (Wildman–Crippen LogP) is 2.50. The Morgan fingerprint density at radius 3 is 2.24 bits per heavy atom. The lowest BCUT2D eigenvalue weighted by Gasteiger charge is -2.40. The van der Waals surface area contributed by atoms with Gasteiger partial charge < -0.3 is 30.9 Å². The molecule has 3 amide bonds. The fourth-order valence-corrected chi connectivity index (χ4v) is 6.22. The number of methoxy groups -OCH3 is 1. The lowest BCUT2D eigenvalue weighted by Crippen LogP contribution is -2.57. The number of aliphatic hydroxyl groups excluding tert-OH is 1. The predicted molar refractivity (Wildman–Crippen MR) is 156 cm³/mol. The zero-order valence-corrected chi connectivity index (χ0v) is 24.9. The van der Waals surface area contributed by atoms with E-state index in [0.29, 0.717) is 31.6 Å². The normalized spacial score (nSPS) is 27.5. The molecule has 230 valence electrons. The van der Waals surface area contributed by atoms with Gasteiger partial charge in [0.1, 0.15) is 17.4 Å². The fraction of sp³-hybridized carbons (Fsp3) is 0.625. The molecule has 5 N–H and O–H groups in total. The van der Waals surface area contributed by atoms with E-state index in [1.807, 2.05) is 12.1 Å². The SMILES string of the molecule is COc1ccc(C[C@H](NC(=O)[C@H](C)C2(C(N)=O)CCC(O)CC2)C(=O)N[C@@H](CC2=CCCCC2)C(=O)[C@@]2(C)CO2)cc1. The maximum atomic E-state index is 13.9. The van der Waals surface area contributed by atoms with Crippen LogP contribution in [0.5, 0.6) is 5.75 Å². The number of ketones is 1. The van der Waals surface area contributed by atoms with Crippen molar-refractivity contribution < 1.29 is 33.8 Å². The van der Waals surface area contributed by atoms with E-state index in [0.717, 1.165) is 36.8 Å². The molecule has 1 heterocycles. The maximum absolute atomic E-state index is 13.9. The number of carbonyl (C=O) groups is 4. The molecule has 0 unspecified atom stereocenters. The standard InChI is InChI=1S/C32H45N3O7/c1-20(32(30(33)40)15-13-23(36)14-16-32)28(38)35-26(18-22-9-11-24(41-3)12-10-22)29(39)34-25(27(37)31(2)19-42-31)17-21-7-5-4-6-8-21/h7,9-12,20,23,25-26,36H,4-6,8,13-19H2,1-3H3,(H2,33,40)(H,34,39)(H,35,38)/t20-,23?,25-,26-,31+,32?/m0/s1. The molecule has 4 atom stereocenters. The first-order valence-corrected chi connectivity index (χ1v) is 15.1. The summed E-state index contributed by atoms with van der Waals surface area (Å²) in [5.74, 6) is -1.90. The van der Waals surface area contributed by atoms with Crippen molar-refractivity contribution in [3.8, 4) is 5.75 Å². The number of Topliss-reactive ketones (excluding diaryl/α,β-unsaturated/α-hetero) is 1. The quantitative estimate of drug-likeness (QED) is 0.205. The van der Waals surface area contributed by atoms with Crippen LogP contribution in [-0.2, 0) is 30.3 Å². The van der Waals surface area contributed by atoms with Crippen LogP contribution in [0.2, 0.25) is 0 Å². The highest BCUT2D eigenvalue weighted by Gasteiger charge is 2.51. The molecule has 10 nitrogen and oxygen atoms in total. The van der Waals surface area contributed by atoms with Gasteiger partial charge in [-0.25, -0.2) is 0 Å². The van der Waals surface area contributed by atoms with E-state index in [9.17, 15) is 24.3 Å². The number of benzene rings is 1. The molecule has 2 fully saturated rings. The fourth-order valence-electron chi connectivity index (χ4n) is 6.22. The number of aliphatic hydroxyl groups is 1. The molecule has 3 aliphatic rings. The van der Waals surface area contributed by atoms with Crippen LogP contribution in [-0.4, -0.2) is 66.1 Å². The van der Waals surface area contributed by atoms with Crippen LogP contribution in [0.1, 0.15) is 77.2 Å². The number of primary amides is 1. The van der Waals surface area contributed by atoms with Gasteiger partial charge >= 0.3 is 0 Å². The Morgan fingerprint density at radius 2 is 1.69 bits per heavy atom. The Morgan fingerprint density at radius 1 is 1.05 bits per heavy atom. The van der Waals surface area contributed by atoms with Crippen molar-refractivity contribution in [1.29, 1.82) is 0 Å². The van der Waals surface area contributed by atoms with Crippen LogP contribution in [0.3, 0.4) is 0 Å². The van der Waals surface area contributed by atoms with Crippen LogP contribution in [0.25, 0.3) is 0 Å². The summed E-state index contributed by atoms with van der Waals surface area (Å²) in [5.41, 5.74) is 5.70. The van der Waals surface area contributed by atoms with Crippen molar-refractivity contribution in [2.24, 2.45) is 17.1 Å². The lowest BCUT2D eigenvalue weighted by atomic mass is 9.65. The van der Waals surface area contributed by atoms with Crippen LogP contribution in [0.4, 0.5) is 0 Å². The van der Waals surface area contributed by atoms with E-state index >= 15 is 0 Å². The van der Waals surface area contributed by atoms with Gasteiger partial charge in [-0.1, -0.05) is 30.7 Å². The number of nitrogens with one attached hydrogen (secondary N) is 2. The van der Waals surface area contributed by atoms with E-state index in [1.165, 1.54) is 0 Å². The largest absolute Gasteiger partial charge is 0.497 e. The molecule has 0 spiro atoms. The topological polar surface area (TPSA) is 160 Å². The summed E-state index contributed by atoms with van der Waals surface area (Å²) in [5, 5.41) is 15.8. The Bertz CT molecular complexity index is 1180. The van der Waals surface area contributed by atoms with Crippen LogP contribution < -0.4 is 21.1 Å². The average Bonchev–Trinajstić information content (AvgIpc) is 3.75.